The first-order valence-electron chi connectivity index (χ1n) is 25.4. The summed E-state index contributed by atoms with van der Waals surface area (Å²) in [7, 11) is 1.88. The highest BCUT2D eigenvalue weighted by Gasteiger charge is 2.43. The lowest BCUT2D eigenvalue weighted by Crippen LogP contribution is -2.52. The summed E-state index contributed by atoms with van der Waals surface area (Å²) in [5.41, 5.74) is 2.46. The van der Waals surface area contributed by atoms with E-state index in [9.17, 15) is 32.3 Å². The molecule has 2 atom stereocenters. The smallest absolute Gasteiger partial charge is 0.379 e. The van der Waals surface area contributed by atoms with Crippen molar-refractivity contribution in [3.8, 4) is 5.69 Å². The first-order chi connectivity index (χ1) is 34.8. The number of rotatable bonds is 14. The molecule has 0 saturated carbocycles. The van der Waals surface area contributed by atoms with E-state index in [1.54, 1.807) is 23.5 Å². The molecule has 0 aliphatic carbocycles. The molecule has 3 amide bonds. The summed E-state index contributed by atoms with van der Waals surface area (Å²) in [6.07, 6.45) is 4.96. The molecule has 0 bridgehead atoms. The van der Waals surface area contributed by atoms with Crippen molar-refractivity contribution in [3.05, 3.63) is 111 Å². The van der Waals surface area contributed by atoms with Crippen LogP contribution in [0, 0.1) is 5.92 Å². The molecule has 6 aliphatic heterocycles. The van der Waals surface area contributed by atoms with Crippen LogP contribution in [0.4, 0.5) is 18.9 Å². The van der Waals surface area contributed by atoms with E-state index in [0.717, 1.165) is 112 Å². The SMILES string of the molecule is Cn1cnnc1CC1(c2cccc(-n3cc4c(C(F)(F)F)cc(CN5CCC[C@H](OCCN6CCC(CN7CCN(c8ccc9c(c8)CN([C@H]8CCC(=O)NC8=O)C9=O)CC7)CC6)C5)cn4c3=O)c2)COC1. The molecule has 382 valence electrons. The molecule has 1 N–H and O–H groups in total. The fourth-order valence-corrected chi connectivity index (χ4v) is 11.8. The zero-order valence-corrected chi connectivity index (χ0v) is 40.7. The Balaban J connectivity index is 0.641. The maximum absolute atomic E-state index is 14.7. The average molecular weight is 994 g/mol. The molecule has 3 aromatic heterocycles. The molecule has 6 aliphatic rings. The van der Waals surface area contributed by atoms with Crippen LogP contribution in [0.1, 0.15) is 77.0 Å². The number of nitrogens with one attached hydrogen (secondary N) is 1. The van der Waals surface area contributed by atoms with Crippen molar-refractivity contribution >= 4 is 28.9 Å². The maximum Gasteiger partial charge on any atom is 0.418 e. The van der Waals surface area contributed by atoms with Crippen LogP contribution >= 0.6 is 0 Å². The van der Waals surface area contributed by atoms with Crippen molar-refractivity contribution in [2.24, 2.45) is 13.0 Å². The van der Waals surface area contributed by atoms with Crippen LogP contribution in [0.3, 0.4) is 0 Å². The van der Waals surface area contributed by atoms with E-state index in [-0.39, 0.29) is 36.4 Å². The molecular formula is C52H62F3N11O6. The van der Waals surface area contributed by atoms with Gasteiger partial charge < -0.3 is 28.7 Å². The Morgan fingerprint density at radius 1 is 0.875 bits per heavy atom. The number of pyridine rings is 1. The number of imidazole rings is 1. The number of aromatic nitrogens is 5. The third-order valence-corrected chi connectivity index (χ3v) is 16.0. The maximum atomic E-state index is 14.7. The number of carbonyl (C=O) groups is 3. The Morgan fingerprint density at radius 3 is 2.43 bits per heavy atom. The second-order valence-corrected chi connectivity index (χ2v) is 20.8. The Morgan fingerprint density at radius 2 is 1.69 bits per heavy atom. The van der Waals surface area contributed by atoms with Crippen LogP contribution < -0.4 is 15.9 Å². The summed E-state index contributed by atoms with van der Waals surface area (Å²) in [5.74, 6) is 0.577. The van der Waals surface area contributed by atoms with Crippen LogP contribution in [-0.4, -0.2) is 158 Å². The number of hydrogen-bond donors (Lipinski definition) is 1. The summed E-state index contributed by atoms with van der Waals surface area (Å²) >= 11 is 0. The van der Waals surface area contributed by atoms with E-state index in [1.807, 2.05) is 41.9 Å². The monoisotopic (exact) mass is 993 g/mol. The highest BCUT2D eigenvalue weighted by molar-refractivity contribution is 6.05. The summed E-state index contributed by atoms with van der Waals surface area (Å²) < 4.78 is 60.6. The molecule has 11 rings (SSSR count). The van der Waals surface area contributed by atoms with Crippen molar-refractivity contribution in [1.82, 2.24) is 48.6 Å². The second-order valence-electron chi connectivity index (χ2n) is 20.8. The van der Waals surface area contributed by atoms with Gasteiger partial charge in [0.1, 0.15) is 18.2 Å². The number of nitrogens with zero attached hydrogens (tertiary/aromatic N) is 10. The number of fused-ring (bicyclic) bond motifs is 2. The molecule has 72 heavy (non-hydrogen) atoms. The van der Waals surface area contributed by atoms with Crippen LogP contribution in [0.5, 0.6) is 0 Å². The molecule has 5 aromatic rings. The van der Waals surface area contributed by atoms with Gasteiger partial charge in [-0.25, -0.2) is 4.79 Å². The number of carbonyl (C=O) groups excluding carboxylic acids is 3. The zero-order valence-electron chi connectivity index (χ0n) is 40.7. The largest absolute Gasteiger partial charge is 0.418 e. The first-order valence-corrected chi connectivity index (χ1v) is 25.4. The summed E-state index contributed by atoms with van der Waals surface area (Å²) in [6.45, 7) is 11.2. The van der Waals surface area contributed by atoms with E-state index in [1.165, 1.54) is 16.8 Å². The molecule has 5 saturated heterocycles. The molecule has 17 nitrogen and oxygen atoms in total. The second kappa shape index (κ2) is 19.8. The molecular weight excluding hydrogens is 932 g/mol. The van der Waals surface area contributed by atoms with Gasteiger partial charge in [-0.15, -0.1) is 10.2 Å². The highest BCUT2D eigenvalue weighted by Crippen LogP contribution is 2.38. The van der Waals surface area contributed by atoms with Crippen LogP contribution in [0.15, 0.2) is 72.0 Å². The number of amides is 3. The number of benzene rings is 2. The molecule has 0 spiro atoms. The molecule has 9 heterocycles. The lowest BCUT2D eigenvalue weighted by molar-refractivity contribution is -0.137. The van der Waals surface area contributed by atoms with Gasteiger partial charge in [0, 0.05) is 108 Å². The third-order valence-electron chi connectivity index (χ3n) is 16.0. The number of likely N-dealkylation sites (tertiary alicyclic amines) is 2. The quantitative estimate of drug-likeness (QED) is 0.160. The fraction of sp³-hybridized carbons (Fsp3) is 0.538. The Bertz CT molecular complexity index is 2900. The molecule has 5 fully saturated rings. The summed E-state index contributed by atoms with van der Waals surface area (Å²) in [4.78, 5) is 62.5. The van der Waals surface area contributed by atoms with E-state index < -0.39 is 34.8 Å². The zero-order chi connectivity index (χ0) is 49.7. The molecule has 2 aromatic carbocycles. The van der Waals surface area contributed by atoms with Gasteiger partial charge in [-0.2, -0.15) is 13.2 Å². The minimum atomic E-state index is -4.67. The Hall–Kier alpha value is -5.93. The van der Waals surface area contributed by atoms with E-state index in [0.29, 0.717) is 68.5 Å². The number of imide groups is 1. The molecule has 20 heteroatoms. The third kappa shape index (κ3) is 9.82. The number of piperazine rings is 1. The van der Waals surface area contributed by atoms with Crippen LogP contribution in [-0.2, 0) is 57.2 Å². The molecule has 0 unspecified atom stereocenters. The van der Waals surface area contributed by atoms with E-state index in [2.05, 4.69) is 41.2 Å². The fourth-order valence-electron chi connectivity index (χ4n) is 11.8. The van der Waals surface area contributed by atoms with Gasteiger partial charge in [0.15, 0.2) is 0 Å². The van der Waals surface area contributed by atoms with Gasteiger partial charge >= 0.3 is 11.9 Å². The van der Waals surface area contributed by atoms with E-state index >= 15 is 0 Å². The van der Waals surface area contributed by atoms with Crippen LogP contribution in [0.25, 0.3) is 11.2 Å². The predicted octanol–water partition coefficient (Wildman–Crippen LogP) is 4.02. The van der Waals surface area contributed by atoms with Crippen molar-refractivity contribution < 1.29 is 37.0 Å². The standard InChI is InChI=1S/C52H62F3N11O6/c1-59-34-56-58-46(59)25-51(32-71-33-51)38-4-2-5-40(24-38)64-31-45-43(52(53,54)55)22-36(28-66(45)50(64)70)27-62-13-3-6-41(30-62)72-21-20-60-14-11-35(12-15-60)26-61-16-18-63(19-17-61)39-7-8-42-37(23-39)29-65(49(42)69)44-9-10-47(67)57-48(44)68/h2,4-5,7-8,22-24,28,31,34-35,41,44H,3,6,9-21,25-27,29-30,32-33H2,1H3,(H,57,67,68)/t41-,44-/m0/s1. The minimum Gasteiger partial charge on any atom is -0.379 e. The van der Waals surface area contributed by atoms with Crippen molar-refractivity contribution in [2.45, 2.75) is 81.8 Å². The number of halogens is 3. The molecule has 0 radical (unpaired) electrons. The number of hydrogen-bond acceptors (Lipinski definition) is 12. The average Bonchev–Trinajstić information content (AvgIpc) is 4.03. The summed E-state index contributed by atoms with van der Waals surface area (Å²) in [6, 6.07) is 13.9. The normalized spacial score (nSPS) is 22.7. The lowest BCUT2D eigenvalue weighted by Gasteiger charge is -2.41. The number of aryl methyl sites for hydroxylation is 1. The van der Waals surface area contributed by atoms with Gasteiger partial charge in [0.05, 0.1) is 42.7 Å². The van der Waals surface area contributed by atoms with Gasteiger partial charge in [-0.3, -0.25) is 38.5 Å². The summed E-state index contributed by atoms with van der Waals surface area (Å²) in [5, 5.41) is 10.6. The van der Waals surface area contributed by atoms with Gasteiger partial charge in [-0.1, -0.05) is 12.1 Å². The van der Waals surface area contributed by atoms with Gasteiger partial charge in [0.2, 0.25) is 11.8 Å². The Labute approximate surface area is 415 Å². The van der Waals surface area contributed by atoms with E-state index in [4.69, 9.17) is 9.47 Å². The van der Waals surface area contributed by atoms with Crippen molar-refractivity contribution in [1.29, 1.82) is 0 Å². The topological polar surface area (TPSA) is 155 Å². The number of alkyl halides is 3. The number of anilines is 1. The van der Waals surface area contributed by atoms with Gasteiger partial charge in [0.25, 0.3) is 5.91 Å². The van der Waals surface area contributed by atoms with Crippen molar-refractivity contribution in [2.75, 3.05) is 90.2 Å². The predicted molar refractivity (Wildman–Crippen MR) is 260 cm³/mol. The minimum absolute atomic E-state index is 0.0262. The van der Waals surface area contributed by atoms with Crippen molar-refractivity contribution in [3.63, 3.8) is 0 Å². The number of ether oxygens (including phenoxy) is 2. The van der Waals surface area contributed by atoms with Gasteiger partial charge in [-0.05, 0) is 111 Å². The van der Waals surface area contributed by atoms with Crippen LogP contribution in [0.2, 0.25) is 0 Å². The number of piperidine rings is 3. The highest BCUT2D eigenvalue weighted by atomic mass is 19.4. The lowest BCUT2D eigenvalue weighted by atomic mass is 9.75. The Kier molecular flexibility index (Phi) is 13.3. The first kappa shape index (κ1) is 48.3.